The molecular formula is C14H15N3O3. The Morgan fingerprint density at radius 2 is 2.05 bits per heavy atom. The van der Waals surface area contributed by atoms with Crippen molar-refractivity contribution in [2.75, 3.05) is 13.6 Å². The van der Waals surface area contributed by atoms with Crippen molar-refractivity contribution in [3.05, 3.63) is 39.6 Å². The van der Waals surface area contributed by atoms with Gasteiger partial charge in [0.25, 0.3) is 11.6 Å². The van der Waals surface area contributed by atoms with Crippen molar-refractivity contribution in [3.63, 3.8) is 0 Å². The highest BCUT2D eigenvalue weighted by Gasteiger charge is 2.26. The maximum Gasteiger partial charge on any atom is 0.270 e. The molecule has 1 aliphatic heterocycles. The van der Waals surface area contributed by atoms with E-state index in [2.05, 4.69) is 0 Å². The zero-order valence-electron chi connectivity index (χ0n) is 11.4. The van der Waals surface area contributed by atoms with Crippen molar-refractivity contribution in [2.24, 2.45) is 7.05 Å². The van der Waals surface area contributed by atoms with Crippen molar-refractivity contribution in [2.45, 2.75) is 12.8 Å². The van der Waals surface area contributed by atoms with Gasteiger partial charge in [0.2, 0.25) is 0 Å². The minimum atomic E-state index is -0.399. The molecule has 0 bridgehead atoms. The number of aromatic nitrogens is 1. The Bertz CT molecular complexity index is 733. The number of nitro benzene ring substituents is 1. The van der Waals surface area contributed by atoms with E-state index < -0.39 is 4.92 Å². The summed E-state index contributed by atoms with van der Waals surface area (Å²) >= 11 is 0. The molecule has 6 heteroatoms. The molecule has 2 aromatic rings. The molecule has 0 N–H and O–H groups in total. The van der Waals surface area contributed by atoms with Gasteiger partial charge in [0.05, 0.1) is 4.92 Å². The number of carbonyl (C=O) groups is 1. The predicted octanol–water partition coefficient (Wildman–Crippen LogP) is 2.10. The van der Waals surface area contributed by atoms with Gasteiger partial charge in [0.15, 0.2) is 0 Å². The van der Waals surface area contributed by atoms with Crippen LogP contribution < -0.4 is 0 Å². The molecule has 0 unspecified atom stereocenters. The van der Waals surface area contributed by atoms with Crippen LogP contribution in [0.3, 0.4) is 0 Å². The van der Waals surface area contributed by atoms with Gasteiger partial charge < -0.3 is 9.47 Å². The smallest absolute Gasteiger partial charge is 0.270 e. The van der Waals surface area contributed by atoms with Crippen LogP contribution in [-0.2, 0) is 13.5 Å². The van der Waals surface area contributed by atoms with Gasteiger partial charge in [-0.05, 0) is 24.5 Å². The van der Waals surface area contributed by atoms with Crippen LogP contribution in [0.1, 0.15) is 22.5 Å². The van der Waals surface area contributed by atoms with Crippen LogP contribution in [0, 0.1) is 10.1 Å². The molecule has 0 atom stereocenters. The molecule has 104 valence electrons. The van der Waals surface area contributed by atoms with Gasteiger partial charge in [0, 0.05) is 43.7 Å². The van der Waals surface area contributed by atoms with Crippen LogP contribution in [0.5, 0.6) is 0 Å². The van der Waals surface area contributed by atoms with Gasteiger partial charge in [0.1, 0.15) is 5.69 Å². The van der Waals surface area contributed by atoms with E-state index in [0.29, 0.717) is 12.2 Å². The highest BCUT2D eigenvalue weighted by molar-refractivity contribution is 6.02. The van der Waals surface area contributed by atoms with Crippen LogP contribution in [-0.4, -0.2) is 33.9 Å². The maximum atomic E-state index is 12.4. The summed E-state index contributed by atoms with van der Waals surface area (Å²) in [4.78, 5) is 24.7. The Morgan fingerprint density at radius 3 is 2.75 bits per heavy atom. The minimum absolute atomic E-state index is 0.0150. The normalized spacial score (nSPS) is 15.3. The van der Waals surface area contributed by atoms with Gasteiger partial charge in [-0.1, -0.05) is 0 Å². The maximum absolute atomic E-state index is 12.4. The molecule has 0 saturated heterocycles. The van der Waals surface area contributed by atoms with E-state index in [1.807, 2.05) is 11.6 Å². The summed E-state index contributed by atoms with van der Waals surface area (Å²) in [6.07, 6.45) is 1.64. The third-order valence-corrected chi connectivity index (χ3v) is 3.97. The first kappa shape index (κ1) is 12.7. The fraction of sp³-hybridized carbons (Fsp3) is 0.357. The molecule has 1 aliphatic rings. The monoisotopic (exact) mass is 273 g/mol. The van der Waals surface area contributed by atoms with E-state index in [0.717, 1.165) is 29.3 Å². The van der Waals surface area contributed by atoms with Crippen LogP contribution in [0.15, 0.2) is 18.2 Å². The Balaban J connectivity index is 2.32. The number of aryl methyl sites for hydroxylation is 2. The average Bonchev–Trinajstić information content (AvgIpc) is 2.60. The lowest BCUT2D eigenvalue weighted by atomic mass is 10.1. The highest BCUT2D eigenvalue weighted by atomic mass is 16.6. The summed E-state index contributed by atoms with van der Waals surface area (Å²) in [7, 11) is 3.63. The lowest BCUT2D eigenvalue weighted by Gasteiger charge is -2.14. The fourth-order valence-electron chi connectivity index (χ4n) is 2.92. The van der Waals surface area contributed by atoms with Crippen molar-refractivity contribution < 1.29 is 9.72 Å². The minimum Gasteiger partial charge on any atom is -0.340 e. The molecule has 3 rings (SSSR count). The number of rotatable bonds is 1. The van der Waals surface area contributed by atoms with Crippen LogP contribution in [0.4, 0.5) is 5.69 Å². The Labute approximate surface area is 115 Å². The van der Waals surface area contributed by atoms with E-state index in [1.54, 1.807) is 24.1 Å². The molecule has 1 aromatic carbocycles. The molecule has 0 radical (unpaired) electrons. The van der Waals surface area contributed by atoms with E-state index in [1.165, 1.54) is 6.07 Å². The SMILES string of the molecule is CN1CCCc2c(n(C)c3ccc([N+](=O)[O-])cc23)C1=O. The van der Waals surface area contributed by atoms with Crippen LogP contribution in [0.25, 0.3) is 10.9 Å². The molecule has 1 aromatic heterocycles. The molecular weight excluding hydrogens is 258 g/mol. The molecule has 20 heavy (non-hydrogen) atoms. The topological polar surface area (TPSA) is 68.4 Å². The second-order valence-corrected chi connectivity index (χ2v) is 5.18. The number of fused-ring (bicyclic) bond motifs is 3. The zero-order chi connectivity index (χ0) is 14.4. The van der Waals surface area contributed by atoms with E-state index in [-0.39, 0.29) is 11.6 Å². The molecule has 0 fully saturated rings. The molecule has 0 aliphatic carbocycles. The van der Waals surface area contributed by atoms with Gasteiger partial charge in [-0.2, -0.15) is 0 Å². The van der Waals surface area contributed by atoms with E-state index in [9.17, 15) is 14.9 Å². The number of carbonyl (C=O) groups excluding carboxylic acids is 1. The second-order valence-electron chi connectivity index (χ2n) is 5.18. The second kappa shape index (κ2) is 4.33. The number of hydrogen-bond donors (Lipinski definition) is 0. The van der Waals surface area contributed by atoms with E-state index >= 15 is 0 Å². The van der Waals surface area contributed by atoms with Crippen molar-refractivity contribution in [1.29, 1.82) is 0 Å². The Kier molecular flexibility index (Phi) is 2.74. The number of hydrogen-bond acceptors (Lipinski definition) is 3. The van der Waals surface area contributed by atoms with Crippen LogP contribution >= 0.6 is 0 Å². The van der Waals surface area contributed by atoms with Crippen molar-refractivity contribution in [3.8, 4) is 0 Å². The lowest BCUT2D eigenvalue weighted by molar-refractivity contribution is -0.384. The molecule has 0 spiro atoms. The summed E-state index contributed by atoms with van der Waals surface area (Å²) in [5.41, 5.74) is 2.52. The van der Waals surface area contributed by atoms with Crippen molar-refractivity contribution >= 4 is 22.5 Å². The molecule has 2 heterocycles. The molecule has 0 saturated carbocycles. The summed E-state index contributed by atoms with van der Waals surface area (Å²) in [6, 6.07) is 4.78. The first-order valence-electron chi connectivity index (χ1n) is 6.52. The van der Waals surface area contributed by atoms with Crippen molar-refractivity contribution in [1.82, 2.24) is 9.47 Å². The zero-order valence-corrected chi connectivity index (χ0v) is 11.4. The Morgan fingerprint density at radius 1 is 1.30 bits per heavy atom. The predicted molar refractivity (Wildman–Crippen MR) is 74.9 cm³/mol. The third kappa shape index (κ3) is 1.68. The number of nitrogens with zero attached hydrogens (tertiary/aromatic N) is 3. The summed E-state index contributed by atoms with van der Waals surface area (Å²) in [5.74, 6) is -0.0150. The lowest BCUT2D eigenvalue weighted by Crippen LogP contribution is -2.27. The van der Waals surface area contributed by atoms with Gasteiger partial charge in [-0.25, -0.2) is 0 Å². The number of non-ortho nitro benzene ring substituents is 1. The van der Waals surface area contributed by atoms with Gasteiger partial charge >= 0.3 is 0 Å². The molecule has 6 nitrogen and oxygen atoms in total. The molecule has 1 amide bonds. The number of benzene rings is 1. The quantitative estimate of drug-likeness (QED) is 0.590. The summed E-state index contributed by atoms with van der Waals surface area (Å²) in [6.45, 7) is 0.712. The third-order valence-electron chi connectivity index (χ3n) is 3.97. The summed E-state index contributed by atoms with van der Waals surface area (Å²) < 4.78 is 1.85. The standard InChI is InChI=1S/C14H15N3O3/c1-15-7-3-4-10-11-8-9(17(19)20)5-6-12(11)16(2)13(10)14(15)18/h5-6,8H,3-4,7H2,1-2H3. The largest absolute Gasteiger partial charge is 0.340 e. The number of nitro groups is 1. The fourth-order valence-corrected chi connectivity index (χ4v) is 2.92. The van der Waals surface area contributed by atoms with Crippen LogP contribution in [0.2, 0.25) is 0 Å². The van der Waals surface area contributed by atoms with E-state index in [4.69, 9.17) is 0 Å². The first-order chi connectivity index (χ1) is 9.50. The highest BCUT2D eigenvalue weighted by Crippen LogP contribution is 2.31. The first-order valence-corrected chi connectivity index (χ1v) is 6.52. The average molecular weight is 273 g/mol. The Hall–Kier alpha value is -2.37. The number of amides is 1. The summed E-state index contributed by atoms with van der Waals surface area (Å²) in [5, 5.41) is 11.7. The van der Waals surface area contributed by atoms with Gasteiger partial charge in [-0.3, -0.25) is 14.9 Å². The van der Waals surface area contributed by atoms with Gasteiger partial charge in [-0.15, -0.1) is 0 Å².